The van der Waals surface area contributed by atoms with E-state index in [1.54, 1.807) is 13.3 Å². The van der Waals surface area contributed by atoms with Crippen LogP contribution in [0.25, 0.3) is 22.6 Å². The fraction of sp³-hybridized carbons (Fsp3) is 0.350. The molecule has 2 aromatic heterocycles. The van der Waals surface area contributed by atoms with Gasteiger partial charge < -0.3 is 9.64 Å². The lowest BCUT2D eigenvalue weighted by Gasteiger charge is -2.27. The molecule has 1 saturated heterocycles. The number of imidazole rings is 1. The maximum absolute atomic E-state index is 12.8. The smallest absolute Gasteiger partial charge is 0.242 e. The number of amides is 1. The molecule has 0 atom stereocenters. The van der Waals surface area contributed by atoms with E-state index in [2.05, 4.69) is 4.98 Å². The molecule has 6 heteroatoms. The van der Waals surface area contributed by atoms with E-state index in [-0.39, 0.29) is 12.5 Å². The number of nitrogens with zero attached hydrogens (tertiary/aromatic N) is 4. The normalized spacial score (nSPS) is 14.6. The van der Waals surface area contributed by atoms with Crippen LogP contribution < -0.4 is 4.74 Å². The van der Waals surface area contributed by atoms with Gasteiger partial charge in [0.15, 0.2) is 5.65 Å². The molecule has 1 fully saturated rings. The van der Waals surface area contributed by atoms with E-state index in [1.807, 2.05) is 45.9 Å². The summed E-state index contributed by atoms with van der Waals surface area (Å²) in [6.45, 7) is 1.95. The molecular weight excluding hydrogens is 328 g/mol. The van der Waals surface area contributed by atoms with Crippen molar-refractivity contribution in [3.63, 3.8) is 0 Å². The Morgan fingerprint density at radius 3 is 2.62 bits per heavy atom. The first-order valence-corrected chi connectivity index (χ1v) is 9.00. The molecular formula is C20H22N4O2. The van der Waals surface area contributed by atoms with Gasteiger partial charge in [-0.2, -0.15) is 0 Å². The number of hydrogen-bond donors (Lipinski definition) is 0. The molecule has 0 N–H and O–H groups in total. The second-order valence-electron chi connectivity index (χ2n) is 6.54. The summed E-state index contributed by atoms with van der Waals surface area (Å²) in [5.41, 5.74) is 2.48. The van der Waals surface area contributed by atoms with Gasteiger partial charge >= 0.3 is 0 Å². The van der Waals surface area contributed by atoms with Crippen LogP contribution in [-0.4, -0.2) is 45.5 Å². The van der Waals surface area contributed by atoms with E-state index >= 15 is 0 Å². The summed E-state index contributed by atoms with van der Waals surface area (Å²) in [5, 5.41) is 0. The van der Waals surface area contributed by atoms with Crippen molar-refractivity contribution >= 4 is 17.1 Å². The number of carbonyl (C=O) groups excluding carboxylic acids is 1. The Morgan fingerprint density at radius 2 is 1.88 bits per heavy atom. The van der Waals surface area contributed by atoms with Crippen LogP contribution in [-0.2, 0) is 11.3 Å². The topological polar surface area (TPSA) is 60.3 Å². The standard InChI is InChI=1S/C20H22N4O2/c1-26-16-9-7-15(8-10-16)19-22-17-6-5-11-21-20(17)24(19)14-18(25)23-12-3-2-4-13-23/h5-11H,2-4,12-14H2,1H3. The van der Waals surface area contributed by atoms with Crippen molar-refractivity contribution in [1.82, 2.24) is 19.4 Å². The summed E-state index contributed by atoms with van der Waals surface area (Å²) in [5.74, 6) is 1.68. The Balaban J connectivity index is 1.72. The predicted molar refractivity (Wildman–Crippen MR) is 99.9 cm³/mol. The molecule has 4 rings (SSSR count). The van der Waals surface area contributed by atoms with Crippen molar-refractivity contribution in [1.29, 1.82) is 0 Å². The Hall–Kier alpha value is -2.89. The number of piperidine rings is 1. The zero-order valence-corrected chi connectivity index (χ0v) is 14.9. The van der Waals surface area contributed by atoms with Gasteiger partial charge in [-0.3, -0.25) is 9.36 Å². The predicted octanol–water partition coefficient (Wildman–Crippen LogP) is 3.12. The summed E-state index contributed by atoms with van der Waals surface area (Å²) in [6.07, 6.45) is 5.11. The van der Waals surface area contributed by atoms with Crippen molar-refractivity contribution in [3.05, 3.63) is 42.6 Å². The average molecular weight is 350 g/mol. The van der Waals surface area contributed by atoms with Crippen LogP contribution in [0, 0.1) is 0 Å². The Kier molecular flexibility index (Phi) is 4.56. The molecule has 0 radical (unpaired) electrons. The Morgan fingerprint density at radius 1 is 1.12 bits per heavy atom. The van der Waals surface area contributed by atoms with E-state index < -0.39 is 0 Å². The van der Waals surface area contributed by atoms with E-state index in [9.17, 15) is 4.79 Å². The van der Waals surface area contributed by atoms with Crippen LogP contribution in [0.2, 0.25) is 0 Å². The quantitative estimate of drug-likeness (QED) is 0.725. The number of likely N-dealkylation sites (tertiary alicyclic amines) is 1. The first-order chi connectivity index (χ1) is 12.8. The third-order valence-electron chi connectivity index (χ3n) is 4.85. The molecule has 1 aromatic carbocycles. The van der Waals surface area contributed by atoms with Crippen molar-refractivity contribution in [2.24, 2.45) is 0 Å². The van der Waals surface area contributed by atoms with Crippen LogP contribution in [0.3, 0.4) is 0 Å². The highest BCUT2D eigenvalue weighted by molar-refractivity contribution is 5.82. The maximum Gasteiger partial charge on any atom is 0.242 e. The maximum atomic E-state index is 12.8. The van der Waals surface area contributed by atoms with Gasteiger partial charge in [0, 0.05) is 24.8 Å². The monoisotopic (exact) mass is 350 g/mol. The first kappa shape index (κ1) is 16.6. The van der Waals surface area contributed by atoms with Gasteiger partial charge in [0.1, 0.15) is 23.6 Å². The van der Waals surface area contributed by atoms with Gasteiger partial charge in [0.25, 0.3) is 0 Å². The van der Waals surface area contributed by atoms with Crippen LogP contribution >= 0.6 is 0 Å². The number of carbonyl (C=O) groups is 1. The van der Waals surface area contributed by atoms with Gasteiger partial charge in [-0.25, -0.2) is 9.97 Å². The van der Waals surface area contributed by atoms with E-state index in [0.29, 0.717) is 0 Å². The summed E-state index contributed by atoms with van der Waals surface area (Å²) >= 11 is 0. The number of fused-ring (bicyclic) bond motifs is 1. The van der Waals surface area contributed by atoms with Crippen molar-refractivity contribution in [3.8, 4) is 17.1 Å². The van der Waals surface area contributed by atoms with Gasteiger partial charge in [0.05, 0.1) is 7.11 Å². The van der Waals surface area contributed by atoms with Crippen LogP contribution in [0.1, 0.15) is 19.3 Å². The Labute approximate surface area is 152 Å². The molecule has 1 amide bonds. The zero-order valence-electron chi connectivity index (χ0n) is 14.9. The van der Waals surface area contributed by atoms with Crippen molar-refractivity contribution in [2.45, 2.75) is 25.8 Å². The summed E-state index contributed by atoms with van der Waals surface area (Å²) in [6, 6.07) is 11.5. The minimum Gasteiger partial charge on any atom is -0.497 e. The third kappa shape index (κ3) is 3.14. The van der Waals surface area contributed by atoms with Gasteiger partial charge in [0.2, 0.25) is 5.91 Å². The SMILES string of the molecule is COc1ccc(-c2nc3cccnc3n2CC(=O)N2CCCCC2)cc1. The van der Waals surface area contributed by atoms with E-state index in [1.165, 1.54) is 6.42 Å². The fourth-order valence-electron chi connectivity index (χ4n) is 3.45. The lowest BCUT2D eigenvalue weighted by molar-refractivity contribution is -0.132. The van der Waals surface area contributed by atoms with Crippen molar-refractivity contribution in [2.75, 3.05) is 20.2 Å². The second kappa shape index (κ2) is 7.15. The number of pyridine rings is 1. The molecule has 26 heavy (non-hydrogen) atoms. The average Bonchev–Trinajstić information content (AvgIpc) is 3.07. The lowest BCUT2D eigenvalue weighted by atomic mass is 10.1. The lowest BCUT2D eigenvalue weighted by Crippen LogP contribution is -2.37. The van der Waals surface area contributed by atoms with Crippen LogP contribution in [0.4, 0.5) is 0 Å². The zero-order chi connectivity index (χ0) is 17.9. The fourth-order valence-corrected chi connectivity index (χ4v) is 3.45. The molecule has 0 saturated carbocycles. The third-order valence-corrected chi connectivity index (χ3v) is 4.85. The summed E-state index contributed by atoms with van der Waals surface area (Å²) in [4.78, 5) is 24.0. The molecule has 0 aliphatic carbocycles. The second-order valence-corrected chi connectivity index (χ2v) is 6.54. The molecule has 3 aromatic rings. The molecule has 0 bridgehead atoms. The molecule has 6 nitrogen and oxygen atoms in total. The highest BCUT2D eigenvalue weighted by Gasteiger charge is 2.21. The number of ether oxygens (including phenoxy) is 1. The number of aromatic nitrogens is 3. The minimum atomic E-state index is 0.129. The van der Waals surface area contributed by atoms with Crippen LogP contribution in [0.15, 0.2) is 42.6 Å². The highest BCUT2D eigenvalue weighted by atomic mass is 16.5. The molecule has 0 spiro atoms. The molecule has 1 aliphatic heterocycles. The van der Waals surface area contributed by atoms with E-state index in [4.69, 9.17) is 9.72 Å². The van der Waals surface area contributed by atoms with Gasteiger partial charge in [-0.05, 0) is 55.7 Å². The largest absolute Gasteiger partial charge is 0.497 e. The summed E-state index contributed by atoms with van der Waals surface area (Å²) in [7, 11) is 1.64. The molecule has 3 heterocycles. The molecule has 134 valence electrons. The number of hydrogen-bond acceptors (Lipinski definition) is 4. The number of rotatable bonds is 4. The van der Waals surface area contributed by atoms with Crippen molar-refractivity contribution < 1.29 is 9.53 Å². The molecule has 1 aliphatic rings. The minimum absolute atomic E-state index is 0.129. The number of benzene rings is 1. The number of methoxy groups -OCH3 is 1. The highest BCUT2D eigenvalue weighted by Crippen LogP contribution is 2.26. The first-order valence-electron chi connectivity index (χ1n) is 9.00. The van der Waals surface area contributed by atoms with Gasteiger partial charge in [-0.15, -0.1) is 0 Å². The molecule has 0 unspecified atom stereocenters. The van der Waals surface area contributed by atoms with Gasteiger partial charge in [-0.1, -0.05) is 0 Å². The summed E-state index contributed by atoms with van der Waals surface area (Å²) < 4.78 is 7.16. The Bertz CT molecular complexity index is 911. The van der Waals surface area contributed by atoms with Crippen LogP contribution in [0.5, 0.6) is 5.75 Å². The van der Waals surface area contributed by atoms with E-state index in [0.717, 1.165) is 54.2 Å².